The molecule has 3 aromatic rings. The second kappa shape index (κ2) is 30.0. The van der Waals surface area contributed by atoms with Gasteiger partial charge in [0.25, 0.3) is 5.91 Å². The summed E-state index contributed by atoms with van der Waals surface area (Å²) in [6.45, 7) is -0.987. The maximum atomic E-state index is 13.9. The topological polar surface area (TPSA) is 405 Å². The molecule has 0 spiro atoms. The van der Waals surface area contributed by atoms with E-state index < -0.39 is 129 Å². The zero-order valence-electron chi connectivity index (χ0n) is 43.6. The predicted octanol–water partition coefficient (Wildman–Crippen LogP) is -1.89. The van der Waals surface area contributed by atoms with E-state index in [9.17, 15) is 83.4 Å². The third kappa shape index (κ3) is 20.6. The number of aromatic amines is 1. The first-order valence-corrected chi connectivity index (χ1v) is 25.5. The summed E-state index contributed by atoms with van der Waals surface area (Å²) >= 11 is 0. The van der Waals surface area contributed by atoms with Crippen LogP contribution in [0.25, 0.3) is 11.0 Å². The van der Waals surface area contributed by atoms with Gasteiger partial charge in [0.1, 0.15) is 23.9 Å². The molecule has 5 amide bonds. The van der Waals surface area contributed by atoms with Gasteiger partial charge in [-0.15, -0.1) is 0 Å². The van der Waals surface area contributed by atoms with Gasteiger partial charge < -0.3 is 66.7 Å². The van der Waals surface area contributed by atoms with Crippen molar-refractivity contribution in [3.8, 4) is 0 Å². The van der Waals surface area contributed by atoms with E-state index in [1.54, 1.807) is 44.8 Å². The lowest BCUT2D eigenvalue weighted by Gasteiger charge is -2.33. The van der Waals surface area contributed by atoms with Crippen LogP contribution in [-0.2, 0) is 61.0 Å². The first kappa shape index (κ1) is 61.6. The van der Waals surface area contributed by atoms with Crippen LogP contribution in [0.5, 0.6) is 0 Å². The molecule has 5 rings (SSSR count). The van der Waals surface area contributed by atoms with Gasteiger partial charge >= 0.3 is 35.8 Å². The number of amides is 5. The molecule has 1 fully saturated rings. The zero-order chi connectivity index (χ0) is 57.8. The number of H-pyrrole nitrogens is 1. The number of hydrogen-bond acceptors (Lipinski definition) is 17. The van der Waals surface area contributed by atoms with E-state index >= 15 is 0 Å². The number of nitrogens with one attached hydrogen (secondary N) is 5. The molecule has 0 unspecified atom stereocenters. The highest BCUT2D eigenvalue weighted by Gasteiger charge is 2.33. The maximum Gasteiger partial charge on any atom is 0.317 e. The number of rotatable bonds is 27. The fraction of sp³-hybridized carbons (Fsp3) is 0.520. The number of fused-ring (bicyclic) bond motifs is 2. The molecule has 3 heterocycles. The molecule has 1 saturated heterocycles. The molecule has 11 N–H and O–H groups in total. The summed E-state index contributed by atoms with van der Waals surface area (Å²) in [4.78, 5) is 156. The summed E-state index contributed by atoms with van der Waals surface area (Å²) in [6, 6.07) is 7.86. The molecule has 29 heteroatoms. The van der Waals surface area contributed by atoms with Crippen LogP contribution in [0.3, 0.4) is 0 Å². The van der Waals surface area contributed by atoms with Crippen molar-refractivity contribution in [2.24, 2.45) is 0 Å². The van der Waals surface area contributed by atoms with E-state index in [4.69, 9.17) is 0 Å². The molecule has 0 aliphatic carbocycles. The summed E-state index contributed by atoms with van der Waals surface area (Å²) in [5.41, 5.74) is 2.76. The quantitative estimate of drug-likeness (QED) is 0.0372. The highest BCUT2D eigenvalue weighted by atomic mass is 16.4. The Morgan fingerprint density at radius 3 is 1.72 bits per heavy atom. The second-order valence-corrected chi connectivity index (χ2v) is 19.3. The number of nitrogens with zero attached hydrogens (tertiary/aromatic N) is 7. The van der Waals surface area contributed by atoms with Gasteiger partial charge in [-0.05, 0) is 55.2 Å². The summed E-state index contributed by atoms with van der Waals surface area (Å²) in [6.07, 6.45) is -2.64. The fourth-order valence-corrected chi connectivity index (χ4v) is 9.03. The van der Waals surface area contributed by atoms with Gasteiger partial charge in [0, 0.05) is 103 Å². The minimum atomic E-state index is -1.57. The maximum absolute atomic E-state index is 13.9. The van der Waals surface area contributed by atoms with Gasteiger partial charge in [0.2, 0.25) is 23.6 Å². The number of aliphatic carboxylic acids is 6. The van der Waals surface area contributed by atoms with Crippen LogP contribution in [-0.4, -0.2) is 252 Å². The Balaban J connectivity index is 1.24. The Morgan fingerprint density at radius 2 is 1.20 bits per heavy atom. The van der Waals surface area contributed by atoms with E-state index in [1.807, 2.05) is 24.3 Å². The number of imidazole rings is 1. The first-order chi connectivity index (χ1) is 37.5. The number of carboxylic acid groups (broad SMARTS) is 6. The standard InChI is InChI=1S/C50H68N12O17/c1-57(26-39-53-34-5-2-3-6-35(34)54-39)49(78)31-7-8-33-32(23-31)25-62(50(79)38(52-33)24-43(68)69)14-4-13-51-47(76)36(9-11-41(64)65)56-48(77)37(10-12-42(66)67)55-40(63)27-58-15-17-59(28-44(70)71)19-21-61(30-46(74)75)22-20-60(18-16-58)29-45(72)73/h2-3,5-8,23,36-38,52H,4,9-22,24-30H2,1H3,(H,51,76)(H,53,54)(H,55,63)(H,56,77)(H,64,65)(H,66,67)(H,68,69)(H,70,71)(H,72,73)(H,74,75)/t36-,37-,38-/m0/s1. The van der Waals surface area contributed by atoms with Crippen LogP contribution in [0, 0.1) is 0 Å². The number of benzene rings is 2. The number of carboxylic acids is 6. The monoisotopic (exact) mass is 1110 g/mol. The lowest BCUT2D eigenvalue weighted by atomic mass is 10.1. The molecule has 79 heavy (non-hydrogen) atoms. The van der Waals surface area contributed by atoms with E-state index in [2.05, 4.69) is 31.2 Å². The Hall–Kier alpha value is -8.28. The smallest absolute Gasteiger partial charge is 0.317 e. The van der Waals surface area contributed by atoms with Crippen molar-refractivity contribution in [3.63, 3.8) is 0 Å². The molecule has 2 aliphatic heterocycles. The van der Waals surface area contributed by atoms with Crippen molar-refractivity contribution < 1.29 is 83.4 Å². The number of aromatic nitrogens is 2. The summed E-state index contributed by atoms with van der Waals surface area (Å²) < 4.78 is 0. The van der Waals surface area contributed by atoms with Gasteiger partial charge in [-0.3, -0.25) is 72.3 Å². The van der Waals surface area contributed by atoms with E-state index in [1.165, 1.54) is 9.80 Å². The predicted molar refractivity (Wildman–Crippen MR) is 277 cm³/mol. The summed E-state index contributed by atoms with van der Waals surface area (Å²) in [5.74, 6) is -10.4. The van der Waals surface area contributed by atoms with Crippen LogP contribution in [0.15, 0.2) is 42.5 Å². The number of para-hydroxylation sites is 2. The molecule has 3 atom stereocenters. The Bertz CT molecular complexity index is 2640. The van der Waals surface area contributed by atoms with Crippen molar-refractivity contribution >= 4 is 82.1 Å². The second-order valence-electron chi connectivity index (χ2n) is 19.3. The highest BCUT2D eigenvalue weighted by Crippen LogP contribution is 2.27. The van der Waals surface area contributed by atoms with Crippen LogP contribution in [0.2, 0.25) is 0 Å². The van der Waals surface area contributed by atoms with E-state index in [-0.39, 0.29) is 103 Å². The molecule has 0 bridgehead atoms. The molecule has 0 radical (unpaired) electrons. The molecule has 0 saturated carbocycles. The van der Waals surface area contributed by atoms with Crippen molar-refractivity contribution in [3.05, 3.63) is 59.4 Å². The summed E-state index contributed by atoms with van der Waals surface area (Å²) in [5, 5.41) is 67.8. The van der Waals surface area contributed by atoms with Crippen molar-refractivity contribution in [2.45, 2.75) is 69.7 Å². The Morgan fingerprint density at radius 1 is 0.671 bits per heavy atom. The number of anilines is 1. The zero-order valence-corrected chi connectivity index (χ0v) is 43.6. The SMILES string of the molecule is CN(Cc1nc2ccccc2[nH]1)C(=O)c1ccc2c(c1)CN(CCCNC(=O)[C@H](CCC(=O)O)NC(=O)[C@H](CCC(=O)O)NC(=O)CN1CCN(CC(=O)O)CCN(CC(=O)O)CCN(CC(=O)O)CC1)C(=O)[C@H](CC(=O)O)N2. The fourth-order valence-electron chi connectivity index (χ4n) is 9.03. The van der Waals surface area contributed by atoms with Crippen LogP contribution in [0.4, 0.5) is 5.69 Å². The minimum absolute atomic E-state index is 0.0342. The average Bonchev–Trinajstić information content (AvgIpc) is 3.79. The van der Waals surface area contributed by atoms with Crippen LogP contribution < -0.4 is 21.3 Å². The minimum Gasteiger partial charge on any atom is -0.481 e. The van der Waals surface area contributed by atoms with E-state index in [0.29, 0.717) is 17.1 Å². The molecule has 1 aromatic heterocycles. The van der Waals surface area contributed by atoms with Crippen molar-refractivity contribution in [1.82, 2.24) is 55.3 Å². The van der Waals surface area contributed by atoms with E-state index in [0.717, 1.165) is 11.0 Å². The normalized spacial score (nSPS) is 16.8. The van der Waals surface area contributed by atoms with Crippen molar-refractivity contribution in [1.29, 1.82) is 0 Å². The Labute approximate surface area is 452 Å². The van der Waals surface area contributed by atoms with Crippen LogP contribution >= 0.6 is 0 Å². The molecular formula is C50H68N12O17. The Kier molecular flexibility index (Phi) is 23.4. The number of carbonyl (C=O) groups is 11. The lowest BCUT2D eigenvalue weighted by molar-refractivity contribution is -0.141. The number of carbonyl (C=O) groups excluding carboxylic acids is 5. The van der Waals surface area contributed by atoms with Gasteiger partial charge in [0.05, 0.1) is 50.2 Å². The van der Waals surface area contributed by atoms with Gasteiger partial charge in [0.15, 0.2) is 0 Å². The van der Waals surface area contributed by atoms with Gasteiger partial charge in [-0.2, -0.15) is 0 Å². The first-order valence-electron chi connectivity index (χ1n) is 25.5. The highest BCUT2D eigenvalue weighted by molar-refractivity contribution is 5.96. The van der Waals surface area contributed by atoms with Gasteiger partial charge in [-0.25, -0.2) is 4.98 Å². The van der Waals surface area contributed by atoms with Crippen LogP contribution in [0.1, 0.15) is 60.3 Å². The molecule has 430 valence electrons. The molecule has 29 nitrogen and oxygen atoms in total. The van der Waals surface area contributed by atoms with Gasteiger partial charge in [-0.1, -0.05) is 12.1 Å². The largest absolute Gasteiger partial charge is 0.481 e. The average molecular weight is 1110 g/mol. The number of hydrogen-bond donors (Lipinski definition) is 11. The molecule has 2 aromatic carbocycles. The third-order valence-electron chi connectivity index (χ3n) is 13.1. The lowest BCUT2D eigenvalue weighted by Crippen LogP contribution is -2.55. The third-order valence-corrected chi connectivity index (χ3v) is 13.1. The van der Waals surface area contributed by atoms with Crippen molar-refractivity contribution in [2.75, 3.05) is 104 Å². The molecule has 2 aliphatic rings. The molecular weight excluding hydrogens is 1040 g/mol. The summed E-state index contributed by atoms with van der Waals surface area (Å²) in [7, 11) is 1.61.